The summed E-state index contributed by atoms with van der Waals surface area (Å²) in [6.45, 7) is 6.98. The second-order valence-corrected chi connectivity index (χ2v) is 7.88. The fourth-order valence-corrected chi connectivity index (χ4v) is 3.15. The van der Waals surface area contributed by atoms with E-state index >= 15 is 0 Å². The van der Waals surface area contributed by atoms with Gasteiger partial charge in [0.05, 0.1) is 35.5 Å². The molecule has 1 saturated heterocycles. The predicted molar refractivity (Wildman–Crippen MR) is 100 cm³/mol. The van der Waals surface area contributed by atoms with Gasteiger partial charge in [-0.2, -0.15) is 0 Å². The van der Waals surface area contributed by atoms with E-state index in [1.807, 2.05) is 10.6 Å². The molecule has 0 aromatic carbocycles. The fraction of sp³-hybridized carbons (Fsp3) is 0.421. The van der Waals surface area contributed by atoms with Gasteiger partial charge in [-0.3, -0.25) is 9.38 Å². The molecule has 0 saturated carbocycles. The van der Waals surface area contributed by atoms with Crippen molar-refractivity contribution in [2.45, 2.75) is 38.4 Å². The van der Waals surface area contributed by atoms with E-state index in [1.54, 1.807) is 12.4 Å². The number of aromatic nitrogens is 4. The first-order valence-corrected chi connectivity index (χ1v) is 8.94. The van der Waals surface area contributed by atoms with Crippen LogP contribution >= 0.6 is 0 Å². The van der Waals surface area contributed by atoms with Crippen LogP contribution in [0.15, 0.2) is 30.7 Å². The van der Waals surface area contributed by atoms with Crippen LogP contribution in [0.3, 0.4) is 0 Å². The second kappa shape index (κ2) is 6.53. The number of rotatable bonds is 3. The van der Waals surface area contributed by atoms with Gasteiger partial charge in [-0.05, 0) is 0 Å². The normalized spacial score (nSPS) is 20.3. The van der Waals surface area contributed by atoms with Gasteiger partial charge in [-0.1, -0.05) is 20.8 Å². The monoisotopic (exact) mass is 372 g/mol. The maximum atomic E-state index is 14.2. The van der Waals surface area contributed by atoms with E-state index in [9.17, 15) is 8.78 Å². The van der Waals surface area contributed by atoms with Gasteiger partial charge < -0.3 is 10.6 Å². The number of imidazole rings is 1. The van der Waals surface area contributed by atoms with Crippen molar-refractivity contribution in [2.24, 2.45) is 0 Å². The van der Waals surface area contributed by atoms with Crippen LogP contribution in [0.2, 0.25) is 0 Å². The first-order valence-electron chi connectivity index (χ1n) is 8.94. The number of alkyl halides is 1. The van der Waals surface area contributed by atoms with Crippen molar-refractivity contribution in [1.29, 1.82) is 0 Å². The molecule has 0 amide bonds. The predicted octanol–water partition coefficient (Wildman–Crippen LogP) is 2.95. The Morgan fingerprint density at radius 1 is 1.19 bits per heavy atom. The highest BCUT2D eigenvalue weighted by atomic mass is 19.1. The molecule has 142 valence electrons. The molecule has 3 aromatic rings. The molecule has 0 radical (unpaired) electrons. The summed E-state index contributed by atoms with van der Waals surface area (Å²) in [6.07, 6.45) is 4.20. The molecule has 2 N–H and O–H groups in total. The van der Waals surface area contributed by atoms with Gasteiger partial charge in [0, 0.05) is 36.8 Å². The summed E-state index contributed by atoms with van der Waals surface area (Å²) in [4.78, 5) is 13.3. The molecule has 1 fully saturated rings. The summed E-state index contributed by atoms with van der Waals surface area (Å²) in [6, 6.07) is 2.21. The van der Waals surface area contributed by atoms with Crippen LogP contribution in [-0.4, -0.2) is 44.7 Å². The smallest absolute Gasteiger partial charge is 0.155 e. The molecule has 6 nitrogen and oxygen atoms in total. The second-order valence-electron chi connectivity index (χ2n) is 7.88. The molecule has 0 spiro atoms. The maximum absolute atomic E-state index is 14.2. The summed E-state index contributed by atoms with van der Waals surface area (Å²) < 4.78 is 29.9. The number of nitrogens with one attached hydrogen (secondary N) is 2. The molecule has 2 atom stereocenters. The van der Waals surface area contributed by atoms with Crippen LogP contribution in [0.4, 0.5) is 14.6 Å². The quantitative estimate of drug-likeness (QED) is 0.740. The van der Waals surface area contributed by atoms with Gasteiger partial charge >= 0.3 is 0 Å². The molecule has 4 heterocycles. The number of anilines is 1. The van der Waals surface area contributed by atoms with Crippen LogP contribution in [0, 0.1) is 5.82 Å². The number of hydrogen-bond donors (Lipinski definition) is 2. The molecule has 0 aliphatic carbocycles. The number of hydrogen-bond acceptors (Lipinski definition) is 5. The number of pyridine rings is 1. The van der Waals surface area contributed by atoms with E-state index in [1.165, 1.54) is 12.1 Å². The highest BCUT2D eigenvalue weighted by Gasteiger charge is 2.27. The highest BCUT2D eigenvalue weighted by Crippen LogP contribution is 2.25. The minimum absolute atomic E-state index is 0.135. The number of fused-ring (bicyclic) bond motifs is 1. The van der Waals surface area contributed by atoms with Crippen molar-refractivity contribution < 1.29 is 8.78 Å². The van der Waals surface area contributed by atoms with E-state index < -0.39 is 18.0 Å². The van der Waals surface area contributed by atoms with Gasteiger partial charge in [-0.15, -0.1) is 0 Å². The lowest BCUT2D eigenvalue weighted by Crippen LogP contribution is -2.29. The minimum atomic E-state index is -1.03. The molecule has 8 heteroatoms. The van der Waals surface area contributed by atoms with Crippen molar-refractivity contribution in [3.05, 3.63) is 42.2 Å². The Morgan fingerprint density at radius 2 is 2.00 bits per heavy atom. The van der Waals surface area contributed by atoms with E-state index in [0.29, 0.717) is 29.4 Å². The van der Waals surface area contributed by atoms with Crippen LogP contribution in [-0.2, 0) is 5.41 Å². The van der Waals surface area contributed by atoms with Crippen LogP contribution < -0.4 is 10.6 Å². The lowest BCUT2D eigenvalue weighted by molar-refractivity contribution is 0.342. The van der Waals surface area contributed by atoms with E-state index in [4.69, 9.17) is 0 Å². The summed E-state index contributed by atoms with van der Waals surface area (Å²) >= 11 is 0. The average Bonchev–Trinajstić information content (AvgIpc) is 3.19. The summed E-state index contributed by atoms with van der Waals surface area (Å²) in [7, 11) is 0. The summed E-state index contributed by atoms with van der Waals surface area (Å²) in [5, 5.41) is 5.95. The lowest BCUT2D eigenvalue weighted by atomic mass is 9.93. The zero-order chi connectivity index (χ0) is 19.2. The Morgan fingerprint density at radius 3 is 2.70 bits per heavy atom. The standard InChI is InChI=1S/C19H22F2N6/c1-19(2,3)16-10-27-15(8-24-18(27)9-23-16)13-4-11(20)5-17(25-13)26-14-7-22-6-12(14)21/h4-5,8-10,12,14,22H,6-7H2,1-3H3,(H,25,26)/t12-,14-/m0/s1. The SMILES string of the molecule is CC(C)(C)c1cn2c(-c3cc(F)cc(N[C@H]4CNC[C@@H]4F)n3)cnc2cn1. The van der Waals surface area contributed by atoms with Crippen molar-refractivity contribution >= 4 is 11.5 Å². The van der Waals surface area contributed by atoms with Crippen LogP contribution in [0.5, 0.6) is 0 Å². The molecule has 1 aliphatic rings. The Bertz CT molecular complexity index is 978. The third-order valence-corrected chi connectivity index (χ3v) is 4.69. The molecule has 1 aliphatic heterocycles. The van der Waals surface area contributed by atoms with Gasteiger partial charge in [0.1, 0.15) is 17.8 Å². The Kier molecular flexibility index (Phi) is 4.30. The van der Waals surface area contributed by atoms with Crippen LogP contribution in [0.25, 0.3) is 17.0 Å². The van der Waals surface area contributed by atoms with Gasteiger partial charge in [0.15, 0.2) is 5.65 Å². The first-order chi connectivity index (χ1) is 12.8. The Balaban J connectivity index is 1.74. The van der Waals surface area contributed by atoms with E-state index in [0.717, 1.165) is 5.69 Å². The summed E-state index contributed by atoms with van der Waals surface area (Å²) in [5.74, 6) is -0.134. The topological polar surface area (TPSA) is 67.1 Å². The zero-order valence-corrected chi connectivity index (χ0v) is 15.5. The highest BCUT2D eigenvalue weighted by molar-refractivity contribution is 5.62. The summed E-state index contributed by atoms with van der Waals surface area (Å²) in [5.41, 5.74) is 2.49. The van der Waals surface area contributed by atoms with Crippen molar-refractivity contribution in [3.63, 3.8) is 0 Å². The number of halogens is 2. The molecular formula is C19H22F2N6. The van der Waals surface area contributed by atoms with Crippen LogP contribution in [0.1, 0.15) is 26.5 Å². The zero-order valence-electron chi connectivity index (χ0n) is 15.5. The molecule has 4 rings (SSSR count). The van der Waals surface area contributed by atoms with Crippen molar-refractivity contribution in [2.75, 3.05) is 18.4 Å². The average molecular weight is 372 g/mol. The van der Waals surface area contributed by atoms with Gasteiger partial charge in [-0.25, -0.2) is 18.7 Å². The molecular weight excluding hydrogens is 350 g/mol. The fourth-order valence-electron chi connectivity index (χ4n) is 3.15. The molecule has 3 aromatic heterocycles. The van der Waals surface area contributed by atoms with E-state index in [2.05, 4.69) is 46.4 Å². The van der Waals surface area contributed by atoms with Crippen molar-refractivity contribution in [3.8, 4) is 11.4 Å². The minimum Gasteiger partial charge on any atom is -0.363 e. The number of nitrogens with zero attached hydrogens (tertiary/aromatic N) is 4. The Hall–Kier alpha value is -2.61. The molecule has 0 unspecified atom stereocenters. The third kappa shape index (κ3) is 3.49. The Labute approximate surface area is 156 Å². The third-order valence-electron chi connectivity index (χ3n) is 4.69. The van der Waals surface area contributed by atoms with Crippen molar-refractivity contribution in [1.82, 2.24) is 24.7 Å². The molecule has 0 bridgehead atoms. The van der Waals surface area contributed by atoms with Gasteiger partial charge in [0.2, 0.25) is 0 Å². The first kappa shape index (κ1) is 17.8. The lowest BCUT2D eigenvalue weighted by Gasteiger charge is -2.18. The van der Waals surface area contributed by atoms with Gasteiger partial charge in [0.25, 0.3) is 0 Å². The van der Waals surface area contributed by atoms with E-state index in [-0.39, 0.29) is 12.0 Å². The molecule has 27 heavy (non-hydrogen) atoms. The largest absolute Gasteiger partial charge is 0.363 e. The maximum Gasteiger partial charge on any atom is 0.155 e.